The molecule has 0 bridgehead atoms. The molecule has 0 heterocycles. The van der Waals surface area contributed by atoms with Gasteiger partial charge in [-0.05, 0) is 36.5 Å². The number of hydrogen-bond acceptors (Lipinski definition) is 3. The van der Waals surface area contributed by atoms with Crippen molar-refractivity contribution in [3.8, 4) is 0 Å². The minimum absolute atomic E-state index is 0.405. The number of anilines is 1. The van der Waals surface area contributed by atoms with E-state index in [4.69, 9.17) is 5.21 Å². The lowest BCUT2D eigenvalue weighted by Crippen LogP contribution is -2.13. The van der Waals surface area contributed by atoms with Gasteiger partial charge in [0.25, 0.3) is 5.91 Å². The van der Waals surface area contributed by atoms with Gasteiger partial charge in [-0.15, -0.1) is 0 Å². The molecule has 0 saturated heterocycles. The maximum Gasteiger partial charge on any atom is 0.270 e. The van der Waals surface area contributed by atoms with E-state index in [-0.39, 0.29) is 0 Å². The third-order valence-electron chi connectivity index (χ3n) is 2.58. The number of rotatable bonds is 2. The molecule has 0 atom stereocenters. The highest BCUT2D eigenvalue weighted by molar-refractivity contribution is 6.31. The van der Waals surface area contributed by atoms with Gasteiger partial charge in [0.1, 0.15) is 6.21 Å². The standard InChI is InChI=1S/C11H12N2O2/c14-11(7-12-15)13-10-6-2-4-8-3-1-5-9(8)10/h2,4,6-7,15H,1,3,5H2,(H,13,14). The Morgan fingerprint density at radius 3 is 3.13 bits per heavy atom. The molecule has 4 heteroatoms. The smallest absolute Gasteiger partial charge is 0.270 e. The van der Waals surface area contributed by atoms with Gasteiger partial charge < -0.3 is 10.5 Å². The van der Waals surface area contributed by atoms with Crippen LogP contribution in [-0.4, -0.2) is 17.3 Å². The molecule has 0 spiro atoms. The highest BCUT2D eigenvalue weighted by Gasteiger charge is 2.14. The molecule has 0 radical (unpaired) electrons. The highest BCUT2D eigenvalue weighted by atomic mass is 16.4. The summed E-state index contributed by atoms with van der Waals surface area (Å²) in [6.45, 7) is 0. The zero-order valence-corrected chi connectivity index (χ0v) is 8.23. The van der Waals surface area contributed by atoms with E-state index in [1.807, 2.05) is 12.1 Å². The topological polar surface area (TPSA) is 61.7 Å². The summed E-state index contributed by atoms with van der Waals surface area (Å²) in [7, 11) is 0. The fourth-order valence-corrected chi connectivity index (χ4v) is 1.95. The third kappa shape index (κ3) is 1.98. The van der Waals surface area contributed by atoms with Crippen LogP contribution in [0, 0.1) is 0 Å². The lowest BCUT2D eigenvalue weighted by atomic mass is 10.1. The second-order valence-corrected chi connectivity index (χ2v) is 3.53. The van der Waals surface area contributed by atoms with Gasteiger partial charge in [-0.2, -0.15) is 0 Å². The molecule has 0 aliphatic heterocycles. The van der Waals surface area contributed by atoms with Crippen LogP contribution in [0.1, 0.15) is 17.5 Å². The van der Waals surface area contributed by atoms with E-state index in [1.165, 1.54) is 11.1 Å². The Labute approximate surface area is 87.6 Å². The highest BCUT2D eigenvalue weighted by Crippen LogP contribution is 2.28. The average Bonchev–Trinajstić information content (AvgIpc) is 2.67. The van der Waals surface area contributed by atoms with Crippen molar-refractivity contribution < 1.29 is 10.0 Å². The van der Waals surface area contributed by atoms with E-state index >= 15 is 0 Å². The van der Waals surface area contributed by atoms with Crippen molar-refractivity contribution in [1.82, 2.24) is 0 Å². The number of benzene rings is 1. The second-order valence-electron chi connectivity index (χ2n) is 3.53. The van der Waals surface area contributed by atoms with Crippen LogP contribution in [0.5, 0.6) is 0 Å². The first-order valence-corrected chi connectivity index (χ1v) is 4.90. The molecule has 15 heavy (non-hydrogen) atoms. The van der Waals surface area contributed by atoms with Crippen LogP contribution >= 0.6 is 0 Å². The van der Waals surface area contributed by atoms with Crippen LogP contribution in [-0.2, 0) is 17.6 Å². The molecular weight excluding hydrogens is 192 g/mol. The van der Waals surface area contributed by atoms with E-state index in [9.17, 15) is 4.79 Å². The lowest BCUT2D eigenvalue weighted by molar-refractivity contribution is -0.110. The summed E-state index contributed by atoms with van der Waals surface area (Å²) in [5.74, 6) is -0.405. The molecular formula is C11H12N2O2. The van der Waals surface area contributed by atoms with Gasteiger partial charge in [-0.1, -0.05) is 17.3 Å². The van der Waals surface area contributed by atoms with E-state index in [0.29, 0.717) is 0 Å². The summed E-state index contributed by atoms with van der Waals surface area (Å²) in [6.07, 6.45) is 4.07. The predicted molar refractivity (Wildman–Crippen MR) is 57.4 cm³/mol. The van der Waals surface area contributed by atoms with Crippen LogP contribution in [0.4, 0.5) is 5.69 Å². The van der Waals surface area contributed by atoms with Gasteiger partial charge in [-0.3, -0.25) is 4.79 Å². The molecule has 1 aromatic carbocycles. The number of nitrogens with zero attached hydrogens (tertiary/aromatic N) is 1. The van der Waals surface area contributed by atoms with Crippen LogP contribution in [0.15, 0.2) is 23.4 Å². The maximum absolute atomic E-state index is 11.2. The molecule has 4 nitrogen and oxygen atoms in total. The number of carbonyl (C=O) groups excluding carboxylic acids is 1. The summed E-state index contributed by atoms with van der Waals surface area (Å²) in [4.78, 5) is 11.2. The zero-order chi connectivity index (χ0) is 10.7. The van der Waals surface area contributed by atoms with Crippen molar-refractivity contribution in [3.63, 3.8) is 0 Å². The molecule has 1 aromatic rings. The first-order chi connectivity index (χ1) is 7.31. The zero-order valence-electron chi connectivity index (χ0n) is 8.23. The number of aryl methyl sites for hydroxylation is 1. The number of oxime groups is 1. The number of amides is 1. The van der Waals surface area contributed by atoms with Crippen molar-refractivity contribution in [1.29, 1.82) is 0 Å². The first-order valence-electron chi connectivity index (χ1n) is 4.90. The van der Waals surface area contributed by atoms with Crippen molar-refractivity contribution in [2.75, 3.05) is 5.32 Å². The monoisotopic (exact) mass is 204 g/mol. The Bertz CT molecular complexity index is 413. The SMILES string of the molecule is O=C(C=NO)Nc1cccc2c1CCC2. The molecule has 0 saturated carbocycles. The van der Waals surface area contributed by atoms with Crippen LogP contribution in [0.2, 0.25) is 0 Å². The first kappa shape index (κ1) is 9.71. The Balaban J connectivity index is 2.22. The van der Waals surface area contributed by atoms with Gasteiger partial charge in [-0.25, -0.2) is 0 Å². The van der Waals surface area contributed by atoms with E-state index in [0.717, 1.165) is 31.2 Å². The fourth-order valence-electron chi connectivity index (χ4n) is 1.95. The average molecular weight is 204 g/mol. The largest absolute Gasteiger partial charge is 0.411 e. The van der Waals surface area contributed by atoms with Crippen LogP contribution < -0.4 is 5.32 Å². The van der Waals surface area contributed by atoms with Crippen LogP contribution in [0.25, 0.3) is 0 Å². The van der Waals surface area contributed by atoms with Gasteiger partial charge in [0.15, 0.2) is 0 Å². The molecule has 1 aliphatic carbocycles. The predicted octanol–water partition coefficient (Wildman–Crippen LogP) is 1.57. The maximum atomic E-state index is 11.2. The Kier molecular flexibility index (Phi) is 2.67. The van der Waals surface area contributed by atoms with Gasteiger partial charge in [0.05, 0.1) is 0 Å². The summed E-state index contributed by atoms with van der Waals surface area (Å²) >= 11 is 0. The summed E-state index contributed by atoms with van der Waals surface area (Å²) in [6, 6.07) is 5.88. The molecule has 78 valence electrons. The van der Waals surface area contributed by atoms with E-state index in [2.05, 4.69) is 16.5 Å². The number of carbonyl (C=O) groups is 1. The Morgan fingerprint density at radius 1 is 1.47 bits per heavy atom. The normalized spacial score (nSPS) is 14.1. The number of nitrogens with one attached hydrogen (secondary N) is 1. The third-order valence-corrected chi connectivity index (χ3v) is 2.58. The van der Waals surface area contributed by atoms with Crippen molar-refractivity contribution >= 4 is 17.8 Å². The molecule has 0 fully saturated rings. The second kappa shape index (κ2) is 4.13. The molecule has 1 aliphatic rings. The van der Waals surface area contributed by atoms with Crippen LogP contribution in [0.3, 0.4) is 0 Å². The number of hydrogen-bond donors (Lipinski definition) is 2. The molecule has 1 amide bonds. The van der Waals surface area contributed by atoms with Gasteiger partial charge in [0, 0.05) is 5.69 Å². The number of fused-ring (bicyclic) bond motifs is 1. The molecule has 0 aromatic heterocycles. The summed E-state index contributed by atoms with van der Waals surface area (Å²) < 4.78 is 0. The quantitative estimate of drug-likeness (QED) is 0.436. The van der Waals surface area contributed by atoms with Crippen molar-refractivity contribution in [2.45, 2.75) is 19.3 Å². The van der Waals surface area contributed by atoms with Gasteiger partial charge >= 0.3 is 0 Å². The van der Waals surface area contributed by atoms with Crippen molar-refractivity contribution in [3.05, 3.63) is 29.3 Å². The molecule has 0 unspecified atom stereocenters. The lowest BCUT2D eigenvalue weighted by Gasteiger charge is -2.07. The minimum Gasteiger partial charge on any atom is -0.411 e. The van der Waals surface area contributed by atoms with E-state index < -0.39 is 5.91 Å². The van der Waals surface area contributed by atoms with Crippen molar-refractivity contribution in [2.24, 2.45) is 5.16 Å². The summed E-state index contributed by atoms with van der Waals surface area (Å²) in [5.41, 5.74) is 3.33. The molecule has 2 rings (SSSR count). The minimum atomic E-state index is -0.405. The molecule has 2 N–H and O–H groups in total. The fraction of sp³-hybridized carbons (Fsp3) is 0.273. The summed E-state index contributed by atoms with van der Waals surface area (Å²) in [5, 5.41) is 13.6. The van der Waals surface area contributed by atoms with Gasteiger partial charge in [0.2, 0.25) is 0 Å². The Morgan fingerprint density at radius 2 is 2.33 bits per heavy atom. The van der Waals surface area contributed by atoms with E-state index in [1.54, 1.807) is 0 Å². The Hall–Kier alpha value is -1.84.